The molecule has 0 bridgehead atoms. The topological polar surface area (TPSA) is 43.6 Å². The van der Waals surface area contributed by atoms with Gasteiger partial charge in [-0.1, -0.05) is 0 Å². The maximum atomic E-state index is 11.5. The summed E-state index contributed by atoms with van der Waals surface area (Å²) in [6.45, 7) is 3.56. The zero-order valence-electron chi connectivity index (χ0n) is 7.74. The highest BCUT2D eigenvalue weighted by Crippen LogP contribution is 2.14. The molecule has 73 valence electrons. The molecule has 0 saturated carbocycles. The van der Waals surface area contributed by atoms with Gasteiger partial charge in [0.15, 0.2) is 0 Å². The lowest BCUT2D eigenvalue weighted by atomic mass is 10.0. The zero-order chi connectivity index (χ0) is 9.10. The molecule has 0 aliphatic carbocycles. The van der Waals surface area contributed by atoms with Gasteiger partial charge in [-0.3, -0.25) is 4.79 Å². The van der Waals surface area contributed by atoms with Crippen molar-refractivity contribution >= 4 is 5.91 Å². The van der Waals surface area contributed by atoms with E-state index in [0.29, 0.717) is 12.6 Å². The number of amides is 1. The molecule has 0 aromatic carbocycles. The molecule has 0 unspecified atom stereocenters. The van der Waals surface area contributed by atoms with E-state index in [1.807, 2.05) is 4.90 Å². The Hall–Kier alpha value is -0.610. The van der Waals surface area contributed by atoms with Crippen LogP contribution in [0.15, 0.2) is 0 Å². The second kappa shape index (κ2) is 4.07. The number of carbonyl (C=O) groups is 1. The molecule has 2 aliphatic rings. The van der Waals surface area contributed by atoms with Crippen molar-refractivity contribution in [3.8, 4) is 0 Å². The average Bonchev–Trinajstić information content (AvgIpc) is 2.20. The van der Waals surface area contributed by atoms with Crippen LogP contribution in [0.5, 0.6) is 0 Å². The Morgan fingerprint density at radius 3 is 2.85 bits per heavy atom. The molecule has 13 heavy (non-hydrogen) atoms. The maximum Gasteiger partial charge on any atom is 0.248 e. The van der Waals surface area contributed by atoms with E-state index in [1.165, 1.54) is 0 Å². The number of carbonyl (C=O) groups excluding carboxylic acids is 1. The van der Waals surface area contributed by atoms with Crippen LogP contribution in [-0.4, -0.2) is 49.7 Å². The monoisotopic (exact) mass is 183 g/mol. The number of ether oxygens (including phenoxy) is 1. The Bertz CT molecular complexity index is 190. The van der Waals surface area contributed by atoms with E-state index in [2.05, 4.69) is 5.32 Å². The van der Waals surface area contributed by atoms with Crippen molar-refractivity contribution in [2.24, 2.45) is 0 Å². The van der Waals surface area contributed by atoms with E-state index in [9.17, 15) is 4.79 Å². The number of rotatable bonds is 1. The summed E-state index contributed by atoms with van der Waals surface area (Å²) < 4.78 is 5.09. The SMILES string of the molecule is O=C1COCCN1C1CC[N]CC1. The van der Waals surface area contributed by atoms with Gasteiger partial charge in [0.25, 0.3) is 0 Å². The third-order valence-electron chi connectivity index (χ3n) is 2.70. The van der Waals surface area contributed by atoms with Crippen molar-refractivity contribution in [2.45, 2.75) is 18.9 Å². The number of piperidine rings is 1. The van der Waals surface area contributed by atoms with Gasteiger partial charge in [-0.15, -0.1) is 0 Å². The number of hydrogen-bond donors (Lipinski definition) is 0. The molecule has 4 heteroatoms. The Morgan fingerprint density at radius 1 is 1.38 bits per heavy atom. The van der Waals surface area contributed by atoms with Gasteiger partial charge in [0.1, 0.15) is 6.61 Å². The summed E-state index contributed by atoms with van der Waals surface area (Å²) in [5.74, 6) is 0.151. The minimum atomic E-state index is 0.151. The summed E-state index contributed by atoms with van der Waals surface area (Å²) in [5.41, 5.74) is 0. The predicted octanol–water partition coefficient (Wildman–Crippen LogP) is -0.388. The lowest BCUT2D eigenvalue weighted by Gasteiger charge is -2.36. The largest absolute Gasteiger partial charge is 0.370 e. The minimum Gasteiger partial charge on any atom is -0.370 e. The lowest BCUT2D eigenvalue weighted by molar-refractivity contribution is -0.146. The second-order valence-corrected chi connectivity index (χ2v) is 3.54. The third kappa shape index (κ3) is 2.00. The lowest BCUT2D eigenvalue weighted by Crippen LogP contribution is -2.50. The molecule has 0 spiro atoms. The first-order valence-corrected chi connectivity index (χ1v) is 4.88. The van der Waals surface area contributed by atoms with Gasteiger partial charge in [0.2, 0.25) is 5.91 Å². The standard InChI is InChI=1S/C9H15N2O2/c12-9-7-13-6-5-11(9)8-1-3-10-4-2-8/h8H,1-7H2. The quantitative estimate of drug-likeness (QED) is 0.556. The molecule has 0 atom stereocenters. The first kappa shape index (κ1) is 8.97. The van der Waals surface area contributed by atoms with Crippen LogP contribution in [0.2, 0.25) is 0 Å². The van der Waals surface area contributed by atoms with E-state index in [-0.39, 0.29) is 12.5 Å². The van der Waals surface area contributed by atoms with Crippen molar-refractivity contribution in [1.82, 2.24) is 10.2 Å². The van der Waals surface area contributed by atoms with E-state index in [1.54, 1.807) is 0 Å². The van der Waals surface area contributed by atoms with Crippen LogP contribution in [-0.2, 0) is 9.53 Å². The van der Waals surface area contributed by atoms with Gasteiger partial charge in [-0.2, -0.15) is 0 Å². The van der Waals surface area contributed by atoms with E-state index < -0.39 is 0 Å². The van der Waals surface area contributed by atoms with E-state index >= 15 is 0 Å². The van der Waals surface area contributed by atoms with Crippen LogP contribution in [0.3, 0.4) is 0 Å². The van der Waals surface area contributed by atoms with Crippen molar-refractivity contribution in [3.63, 3.8) is 0 Å². The molecule has 2 aliphatic heterocycles. The highest BCUT2D eigenvalue weighted by molar-refractivity contribution is 5.78. The van der Waals surface area contributed by atoms with Crippen molar-refractivity contribution in [3.05, 3.63) is 0 Å². The van der Waals surface area contributed by atoms with E-state index in [0.717, 1.165) is 32.5 Å². The summed E-state index contributed by atoms with van der Waals surface area (Å²) in [4.78, 5) is 13.4. The Balaban J connectivity index is 1.92. The zero-order valence-corrected chi connectivity index (χ0v) is 7.74. The van der Waals surface area contributed by atoms with Crippen LogP contribution in [0.4, 0.5) is 0 Å². The molecule has 1 amide bonds. The Morgan fingerprint density at radius 2 is 2.15 bits per heavy atom. The van der Waals surface area contributed by atoms with Crippen LogP contribution in [0.1, 0.15) is 12.8 Å². The van der Waals surface area contributed by atoms with Crippen molar-refractivity contribution in [1.29, 1.82) is 0 Å². The van der Waals surface area contributed by atoms with Crippen molar-refractivity contribution in [2.75, 3.05) is 32.8 Å². The molecule has 0 aromatic rings. The molecule has 1 radical (unpaired) electrons. The van der Waals surface area contributed by atoms with Gasteiger partial charge >= 0.3 is 0 Å². The molecule has 0 aromatic heterocycles. The highest BCUT2D eigenvalue weighted by Gasteiger charge is 2.27. The van der Waals surface area contributed by atoms with Crippen LogP contribution in [0, 0.1) is 0 Å². The van der Waals surface area contributed by atoms with Crippen LogP contribution < -0.4 is 5.32 Å². The highest BCUT2D eigenvalue weighted by atomic mass is 16.5. The van der Waals surface area contributed by atoms with Gasteiger partial charge < -0.3 is 9.64 Å². The fraction of sp³-hybridized carbons (Fsp3) is 0.889. The fourth-order valence-electron chi connectivity index (χ4n) is 1.96. The maximum absolute atomic E-state index is 11.5. The Labute approximate surface area is 78.2 Å². The average molecular weight is 183 g/mol. The summed E-state index contributed by atoms with van der Waals surface area (Å²) >= 11 is 0. The summed E-state index contributed by atoms with van der Waals surface area (Å²) in [6, 6.07) is 0.425. The van der Waals surface area contributed by atoms with Gasteiger partial charge in [0.05, 0.1) is 6.61 Å². The molecule has 2 rings (SSSR count). The van der Waals surface area contributed by atoms with Crippen LogP contribution >= 0.6 is 0 Å². The van der Waals surface area contributed by atoms with Gasteiger partial charge in [-0.05, 0) is 12.8 Å². The van der Waals surface area contributed by atoms with Gasteiger partial charge in [0, 0.05) is 25.7 Å². The number of nitrogens with zero attached hydrogens (tertiary/aromatic N) is 2. The van der Waals surface area contributed by atoms with Crippen molar-refractivity contribution < 1.29 is 9.53 Å². The third-order valence-corrected chi connectivity index (χ3v) is 2.70. The first-order chi connectivity index (χ1) is 6.38. The van der Waals surface area contributed by atoms with E-state index in [4.69, 9.17) is 4.74 Å². The summed E-state index contributed by atoms with van der Waals surface area (Å²) in [5, 5.41) is 4.28. The smallest absolute Gasteiger partial charge is 0.248 e. The van der Waals surface area contributed by atoms with Gasteiger partial charge in [-0.25, -0.2) is 5.32 Å². The first-order valence-electron chi connectivity index (χ1n) is 4.88. The molecule has 2 saturated heterocycles. The fourth-order valence-corrected chi connectivity index (χ4v) is 1.96. The minimum absolute atomic E-state index is 0.151. The molecule has 0 N–H and O–H groups in total. The summed E-state index contributed by atoms with van der Waals surface area (Å²) in [7, 11) is 0. The summed E-state index contributed by atoms with van der Waals surface area (Å²) in [6.07, 6.45) is 2.07. The Kier molecular flexibility index (Phi) is 2.80. The normalized spacial score (nSPS) is 26.5. The number of hydrogen-bond acceptors (Lipinski definition) is 2. The number of morpholine rings is 1. The molecule has 2 fully saturated rings. The van der Waals surface area contributed by atoms with Crippen LogP contribution in [0.25, 0.3) is 0 Å². The molecular formula is C9H15N2O2. The molecule has 4 nitrogen and oxygen atoms in total. The molecular weight excluding hydrogens is 168 g/mol. The molecule has 2 heterocycles. The second-order valence-electron chi connectivity index (χ2n) is 3.54. The predicted molar refractivity (Wildman–Crippen MR) is 47.4 cm³/mol.